The van der Waals surface area contributed by atoms with Crippen molar-refractivity contribution in [2.75, 3.05) is 0 Å². The molecule has 1 rings (SSSR count). The van der Waals surface area contributed by atoms with Gasteiger partial charge in [-0.1, -0.05) is 57.9 Å². The predicted octanol–water partition coefficient (Wildman–Crippen LogP) is 4.34. The van der Waals surface area contributed by atoms with Crippen LogP contribution in [-0.2, 0) is 0 Å². The summed E-state index contributed by atoms with van der Waals surface area (Å²) in [6.45, 7) is 9.40. The van der Waals surface area contributed by atoms with E-state index in [1.807, 2.05) is 0 Å². The van der Waals surface area contributed by atoms with Gasteiger partial charge in [0, 0.05) is 0 Å². The first-order valence-corrected chi connectivity index (χ1v) is 5.43. The van der Waals surface area contributed by atoms with Gasteiger partial charge in [-0.25, -0.2) is 0 Å². The molecule has 0 aromatic rings. The van der Waals surface area contributed by atoms with Crippen LogP contribution in [0, 0.1) is 11.3 Å². The van der Waals surface area contributed by atoms with Crippen LogP contribution in [0.25, 0.3) is 0 Å². The highest BCUT2D eigenvalue weighted by Gasteiger charge is 2.26. The monoisotopic (exact) mass is 178 g/mol. The Bertz CT molecular complexity index is 218. The van der Waals surface area contributed by atoms with Gasteiger partial charge < -0.3 is 0 Å². The summed E-state index contributed by atoms with van der Waals surface area (Å²) < 4.78 is 0. The lowest BCUT2D eigenvalue weighted by Gasteiger charge is -2.33. The van der Waals surface area contributed by atoms with Crippen LogP contribution in [0.2, 0.25) is 0 Å². The molecular formula is C13H22. The Morgan fingerprint density at radius 1 is 1.46 bits per heavy atom. The molecule has 1 unspecified atom stereocenters. The van der Waals surface area contributed by atoms with Crippen molar-refractivity contribution in [3.8, 4) is 0 Å². The molecule has 1 atom stereocenters. The van der Waals surface area contributed by atoms with Crippen LogP contribution in [0.5, 0.6) is 0 Å². The van der Waals surface area contributed by atoms with Crippen molar-refractivity contribution < 1.29 is 0 Å². The van der Waals surface area contributed by atoms with Crippen LogP contribution in [-0.4, -0.2) is 0 Å². The maximum Gasteiger partial charge on any atom is -0.0177 e. The fourth-order valence-electron chi connectivity index (χ4n) is 1.79. The topological polar surface area (TPSA) is 0 Å². The first kappa shape index (κ1) is 10.6. The van der Waals surface area contributed by atoms with Gasteiger partial charge in [0.2, 0.25) is 0 Å². The second kappa shape index (κ2) is 4.13. The van der Waals surface area contributed by atoms with Crippen molar-refractivity contribution in [2.45, 2.75) is 47.0 Å². The average molecular weight is 178 g/mol. The molecule has 0 heterocycles. The van der Waals surface area contributed by atoms with Crippen LogP contribution < -0.4 is 0 Å². The lowest BCUT2D eigenvalue weighted by atomic mass is 9.72. The lowest BCUT2D eigenvalue weighted by Crippen LogP contribution is -2.22. The molecule has 0 fully saturated rings. The SMILES string of the molecule is CCC(C)(C)C(C)C1=CC=CCC1. The largest absolute Gasteiger partial charge is 0.0842 e. The molecule has 0 nitrogen and oxygen atoms in total. The summed E-state index contributed by atoms with van der Waals surface area (Å²) in [5, 5.41) is 0. The van der Waals surface area contributed by atoms with Gasteiger partial charge in [-0.3, -0.25) is 0 Å². The molecule has 0 aliphatic heterocycles. The lowest BCUT2D eigenvalue weighted by molar-refractivity contribution is 0.250. The highest BCUT2D eigenvalue weighted by Crippen LogP contribution is 2.37. The van der Waals surface area contributed by atoms with Crippen molar-refractivity contribution in [1.29, 1.82) is 0 Å². The summed E-state index contributed by atoms with van der Waals surface area (Å²) >= 11 is 0. The fourth-order valence-corrected chi connectivity index (χ4v) is 1.79. The molecule has 0 saturated heterocycles. The molecule has 0 aromatic carbocycles. The summed E-state index contributed by atoms with van der Waals surface area (Å²) in [7, 11) is 0. The molecule has 0 aromatic heterocycles. The second-order valence-electron chi connectivity index (χ2n) is 4.77. The van der Waals surface area contributed by atoms with E-state index in [0.29, 0.717) is 5.41 Å². The summed E-state index contributed by atoms with van der Waals surface area (Å²) in [6.07, 6.45) is 10.5. The molecule has 0 bridgehead atoms. The molecule has 74 valence electrons. The maximum atomic E-state index is 2.37. The quantitative estimate of drug-likeness (QED) is 0.603. The number of hydrogen-bond acceptors (Lipinski definition) is 0. The molecule has 0 saturated carbocycles. The second-order valence-corrected chi connectivity index (χ2v) is 4.77. The number of rotatable bonds is 3. The zero-order chi connectivity index (χ0) is 9.90. The Labute approximate surface area is 82.7 Å². The number of hydrogen-bond donors (Lipinski definition) is 0. The molecule has 13 heavy (non-hydrogen) atoms. The molecule has 1 aliphatic carbocycles. The molecule has 0 spiro atoms. The van der Waals surface area contributed by atoms with Gasteiger partial charge >= 0.3 is 0 Å². The van der Waals surface area contributed by atoms with E-state index in [4.69, 9.17) is 0 Å². The summed E-state index contributed by atoms with van der Waals surface area (Å²) in [6, 6.07) is 0. The van der Waals surface area contributed by atoms with Gasteiger partial charge in [0.15, 0.2) is 0 Å². The minimum absolute atomic E-state index is 0.455. The zero-order valence-electron chi connectivity index (χ0n) is 9.43. The average Bonchev–Trinajstić information content (AvgIpc) is 2.18. The third-order valence-electron chi connectivity index (χ3n) is 3.69. The van der Waals surface area contributed by atoms with Gasteiger partial charge in [0.1, 0.15) is 0 Å². The van der Waals surface area contributed by atoms with Crippen molar-refractivity contribution in [3.05, 3.63) is 23.8 Å². The van der Waals surface area contributed by atoms with Gasteiger partial charge in [-0.15, -0.1) is 0 Å². The first-order chi connectivity index (χ1) is 6.08. The summed E-state index contributed by atoms with van der Waals surface area (Å²) in [5.74, 6) is 0.724. The van der Waals surface area contributed by atoms with E-state index < -0.39 is 0 Å². The van der Waals surface area contributed by atoms with E-state index in [1.54, 1.807) is 5.57 Å². The molecule has 0 radical (unpaired) electrons. The zero-order valence-corrected chi connectivity index (χ0v) is 9.43. The normalized spacial score (nSPS) is 19.8. The van der Waals surface area contributed by atoms with Crippen LogP contribution in [0.4, 0.5) is 0 Å². The molecule has 0 heteroatoms. The molecule has 1 aliphatic rings. The molecular weight excluding hydrogens is 156 g/mol. The van der Waals surface area contributed by atoms with Crippen molar-refractivity contribution in [2.24, 2.45) is 11.3 Å². The van der Waals surface area contributed by atoms with Crippen LogP contribution >= 0.6 is 0 Å². The van der Waals surface area contributed by atoms with Crippen molar-refractivity contribution in [3.63, 3.8) is 0 Å². The standard InChI is InChI=1S/C13H22/c1-5-13(3,4)11(2)12-9-7-6-8-10-12/h6-7,9,11H,5,8,10H2,1-4H3. The van der Waals surface area contributed by atoms with E-state index in [-0.39, 0.29) is 0 Å². The third kappa shape index (κ3) is 2.46. The third-order valence-corrected chi connectivity index (χ3v) is 3.69. The molecule has 0 amide bonds. The van der Waals surface area contributed by atoms with Gasteiger partial charge in [-0.05, 0) is 24.2 Å². The Kier molecular flexibility index (Phi) is 3.35. The number of allylic oxidation sites excluding steroid dienone is 4. The van der Waals surface area contributed by atoms with Gasteiger partial charge in [0.05, 0.1) is 0 Å². The fraction of sp³-hybridized carbons (Fsp3) is 0.692. The molecule has 0 N–H and O–H groups in total. The van der Waals surface area contributed by atoms with Crippen molar-refractivity contribution in [1.82, 2.24) is 0 Å². The minimum atomic E-state index is 0.455. The van der Waals surface area contributed by atoms with Gasteiger partial charge in [0.25, 0.3) is 0 Å². The highest BCUT2D eigenvalue weighted by atomic mass is 14.3. The highest BCUT2D eigenvalue weighted by molar-refractivity contribution is 5.20. The van der Waals surface area contributed by atoms with Crippen molar-refractivity contribution >= 4 is 0 Å². The minimum Gasteiger partial charge on any atom is -0.0842 e. The van der Waals surface area contributed by atoms with Crippen LogP contribution in [0.1, 0.15) is 47.0 Å². The predicted molar refractivity (Wildman–Crippen MR) is 59.7 cm³/mol. The van der Waals surface area contributed by atoms with E-state index in [2.05, 4.69) is 45.9 Å². The Balaban J connectivity index is 2.71. The summed E-state index contributed by atoms with van der Waals surface area (Å²) in [5.41, 5.74) is 2.09. The van der Waals surface area contributed by atoms with E-state index >= 15 is 0 Å². The van der Waals surface area contributed by atoms with E-state index in [0.717, 1.165) is 5.92 Å². The Morgan fingerprint density at radius 2 is 2.15 bits per heavy atom. The Morgan fingerprint density at radius 3 is 2.62 bits per heavy atom. The maximum absolute atomic E-state index is 2.37. The van der Waals surface area contributed by atoms with E-state index in [9.17, 15) is 0 Å². The Hall–Kier alpha value is -0.520. The van der Waals surface area contributed by atoms with Gasteiger partial charge in [-0.2, -0.15) is 0 Å². The van der Waals surface area contributed by atoms with Crippen LogP contribution in [0.3, 0.4) is 0 Å². The first-order valence-electron chi connectivity index (χ1n) is 5.43. The smallest absolute Gasteiger partial charge is 0.0177 e. The van der Waals surface area contributed by atoms with Crippen LogP contribution in [0.15, 0.2) is 23.8 Å². The summed E-state index contributed by atoms with van der Waals surface area (Å²) in [4.78, 5) is 0. The van der Waals surface area contributed by atoms with E-state index in [1.165, 1.54) is 19.3 Å².